The van der Waals surface area contributed by atoms with Crippen LogP contribution in [0.25, 0.3) is 0 Å². The molecular formula is C8H7ClF2N2O3. The lowest BCUT2D eigenvalue weighted by Gasteiger charge is -2.09. The van der Waals surface area contributed by atoms with Gasteiger partial charge < -0.3 is 14.9 Å². The van der Waals surface area contributed by atoms with Gasteiger partial charge in [-0.2, -0.15) is 0 Å². The molecule has 0 aliphatic heterocycles. The van der Waals surface area contributed by atoms with Crippen molar-refractivity contribution in [1.29, 1.82) is 0 Å². The van der Waals surface area contributed by atoms with E-state index in [1.807, 2.05) is 0 Å². The average molecular weight is 253 g/mol. The maximum Gasteiger partial charge on any atom is 0.406 e. The molecule has 0 aliphatic carbocycles. The summed E-state index contributed by atoms with van der Waals surface area (Å²) in [6.45, 7) is 0. The Labute approximate surface area is 94.1 Å². The van der Waals surface area contributed by atoms with E-state index in [1.165, 1.54) is 0 Å². The normalized spacial score (nSPS) is 10.6. The van der Waals surface area contributed by atoms with Crippen LogP contribution in [0.2, 0.25) is 0 Å². The first-order chi connectivity index (χ1) is 7.52. The fourth-order valence-corrected chi connectivity index (χ4v) is 1.48. The maximum absolute atomic E-state index is 12.5. The second-order valence-corrected chi connectivity index (χ2v) is 3.01. The van der Waals surface area contributed by atoms with Crippen molar-refractivity contribution in [3.63, 3.8) is 0 Å². The van der Waals surface area contributed by atoms with E-state index in [2.05, 4.69) is 4.98 Å². The summed E-state index contributed by atoms with van der Waals surface area (Å²) in [5.41, 5.74) is -0.571. The van der Waals surface area contributed by atoms with Gasteiger partial charge in [-0.05, 0) is 9.91 Å². The number of ether oxygens (including phenoxy) is 1. The third-order valence-electron chi connectivity index (χ3n) is 1.90. The van der Waals surface area contributed by atoms with Gasteiger partial charge in [0.2, 0.25) is 5.75 Å². The Kier molecular flexibility index (Phi) is 3.94. The Morgan fingerprint density at radius 1 is 1.69 bits per heavy atom. The predicted molar refractivity (Wildman–Crippen MR) is 52.0 cm³/mol. The molecule has 1 heterocycles. The molecule has 0 aliphatic rings. The van der Waals surface area contributed by atoms with Crippen molar-refractivity contribution in [2.75, 3.05) is 7.11 Å². The zero-order valence-electron chi connectivity index (χ0n) is 8.11. The van der Waals surface area contributed by atoms with Gasteiger partial charge in [-0.25, -0.2) is 8.78 Å². The molecule has 0 spiro atoms. The molecule has 16 heavy (non-hydrogen) atoms. The summed E-state index contributed by atoms with van der Waals surface area (Å²) in [5.74, 6) is -1.26. The number of hydrogen-bond donors (Lipinski definition) is 0. The van der Waals surface area contributed by atoms with Gasteiger partial charge in [0.1, 0.15) is 6.20 Å². The second kappa shape index (κ2) is 5.02. The average Bonchev–Trinajstić information content (AvgIpc) is 2.26. The lowest BCUT2D eigenvalue weighted by Crippen LogP contribution is -2.04. The van der Waals surface area contributed by atoms with Crippen LogP contribution in [-0.4, -0.2) is 17.0 Å². The van der Waals surface area contributed by atoms with Crippen molar-refractivity contribution in [1.82, 2.24) is 4.98 Å². The van der Waals surface area contributed by atoms with Gasteiger partial charge in [-0.3, -0.25) is 0 Å². The number of rotatable bonds is 4. The van der Waals surface area contributed by atoms with E-state index in [-0.39, 0.29) is 17.2 Å². The summed E-state index contributed by atoms with van der Waals surface area (Å²) in [6.07, 6.45) is -2.07. The number of aromatic nitrogens is 1. The first-order valence-corrected chi connectivity index (χ1v) is 4.60. The minimum atomic E-state index is -2.81. The first-order valence-electron chi connectivity index (χ1n) is 4.07. The van der Waals surface area contributed by atoms with Crippen LogP contribution in [0, 0.1) is 10.1 Å². The lowest BCUT2D eigenvalue weighted by atomic mass is 10.1. The van der Waals surface area contributed by atoms with Gasteiger partial charge in [0.05, 0.1) is 18.6 Å². The van der Waals surface area contributed by atoms with E-state index in [0.29, 0.717) is 0 Å². The molecule has 1 aromatic rings. The van der Waals surface area contributed by atoms with Crippen molar-refractivity contribution < 1.29 is 18.4 Å². The SMILES string of the molecule is COc1c([N+](=O)[O-])ncc(C(F)F)c1CCl. The van der Waals surface area contributed by atoms with Crippen LogP contribution in [0.5, 0.6) is 5.75 Å². The van der Waals surface area contributed by atoms with Gasteiger partial charge in [-0.15, -0.1) is 11.6 Å². The fraction of sp³-hybridized carbons (Fsp3) is 0.375. The number of hydrogen-bond acceptors (Lipinski definition) is 4. The monoisotopic (exact) mass is 252 g/mol. The Balaban J connectivity index is 3.46. The lowest BCUT2D eigenvalue weighted by molar-refractivity contribution is -0.390. The fourth-order valence-electron chi connectivity index (χ4n) is 1.20. The highest BCUT2D eigenvalue weighted by Crippen LogP contribution is 2.36. The van der Waals surface area contributed by atoms with Crippen molar-refractivity contribution in [3.8, 4) is 5.75 Å². The van der Waals surface area contributed by atoms with Crippen LogP contribution in [0.1, 0.15) is 17.6 Å². The van der Waals surface area contributed by atoms with Crippen LogP contribution >= 0.6 is 11.6 Å². The molecule has 0 saturated carbocycles. The van der Waals surface area contributed by atoms with Gasteiger partial charge in [0, 0.05) is 5.56 Å². The first kappa shape index (κ1) is 12.6. The molecule has 0 aromatic carbocycles. The number of halogens is 3. The Hall–Kier alpha value is -1.50. The quantitative estimate of drug-likeness (QED) is 0.469. The summed E-state index contributed by atoms with van der Waals surface area (Å²) < 4.78 is 29.8. The van der Waals surface area contributed by atoms with E-state index in [4.69, 9.17) is 16.3 Å². The highest BCUT2D eigenvalue weighted by Gasteiger charge is 2.27. The largest absolute Gasteiger partial charge is 0.489 e. The summed E-state index contributed by atoms with van der Waals surface area (Å²) in [5, 5.41) is 10.6. The molecule has 0 saturated heterocycles. The molecule has 0 atom stereocenters. The summed E-state index contributed by atoms with van der Waals surface area (Å²) >= 11 is 5.47. The second-order valence-electron chi connectivity index (χ2n) is 2.74. The Morgan fingerprint density at radius 2 is 2.31 bits per heavy atom. The number of alkyl halides is 3. The molecule has 0 fully saturated rings. The van der Waals surface area contributed by atoms with Gasteiger partial charge in [0.15, 0.2) is 0 Å². The maximum atomic E-state index is 12.5. The molecule has 0 amide bonds. The minimum absolute atomic E-state index is 0.110. The van der Waals surface area contributed by atoms with Crippen LogP contribution in [-0.2, 0) is 5.88 Å². The van der Waals surface area contributed by atoms with Crippen molar-refractivity contribution in [2.45, 2.75) is 12.3 Å². The van der Waals surface area contributed by atoms with Gasteiger partial charge in [0.25, 0.3) is 6.43 Å². The Bertz CT molecular complexity index is 415. The van der Waals surface area contributed by atoms with Gasteiger partial charge in [-0.1, -0.05) is 0 Å². The van der Waals surface area contributed by atoms with E-state index < -0.39 is 22.7 Å². The van der Waals surface area contributed by atoms with Crippen LogP contribution < -0.4 is 4.74 Å². The summed E-state index contributed by atoms with van der Waals surface area (Å²) in [7, 11) is 1.13. The molecule has 88 valence electrons. The Morgan fingerprint density at radius 3 is 2.69 bits per heavy atom. The third-order valence-corrected chi connectivity index (χ3v) is 2.16. The zero-order chi connectivity index (χ0) is 12.3. The number of pyridine rings is 1. The number of methoxy groups -OCH3 is 1. The number of nitrogens with zero attached hydrogens (tertiary/aromatic N) is 2. The summed E-state index contributed by atoms with van der Waals surface area (Å²) in [6, 6.07) is 0. The highest BCUT2D eigenvalue weighted by atomic mass is 35.5. The zero-order valence-corrected chi connectivity index (χ0v) is 8.87. The summed E-state index contributed by atoms with van der Waals surface area (Å²) in [4.78, 5) is 13.1. The third kappa shape index (κ3) is 2.19. The smallest absolute Gasteiger partial charge is 0.406 e. The molecule has 0 N–H and O–H groups in total. The van der Waals surface area contributed by atoms with E-state index in [0.717, 1.165) is 13.3 Å². The molecule has 0 radical (unpaired) electrons. The van der Waals surface area contributed by atoms with E-state index in [9.17, 15) is 18.9 Å². The molecule has 1 aromatic heterocycles. The van der Waals surface area contributed by atoms with E-state index in [1.54, 1.807) is 0 Å². The molecular weight excluding hydrogens is 246 g/mol. The highest BCUT2D eigenvalue weighted by molar-refractivity contribution is 6.17. The molecule has 1 rings (SSSR count). The van der Waals surface area contributed by atoms with Crippen molar-refractivity contribution >= 4 is 17.4 Å². The molecule has 8 heteroatoms. The molecule has 0 bridgehead atoms. The van der Waals surface area contributed by atoms with Crippen LogP contribution in [0.3, 0.4) is 0 Å². The van der Waals surface area contributed by atoms with Gasteiger partial charge >= 0.3 is 5.82 Å². The molecule has 0 unspecified atom stereocenters. The van der Waals surface area contributed by atoms with Crippen LogP contribution in [0.15, 0.2) is 6.20 Å². The standard InChI is InChI=1S/C8H7ClF2N2O3/c1-16-6-4(2-9)5(7(10)11)3-12-8(6)13(14)15/h3,7H,2H2,1H3. The van der Waals surface area contributed by atoms with Crippen LogP contribution in [0.4, 0.5) is 14.6 Å². The minimum Gasteiger partial charge on any atom is -0.489 e. The predicted octanol–water partition coefficient (Wildman–Crippen LogP) is 2.67. The number of nitro groups is 1. The van der Waals surface area contributed by atoms with Crippen molar-refractivity contribution in [2.24, 2.45) is 0 Å². The van der Waals surface area contributed by atoms with E-state index >= 15 is 0 Å². The molecule has 5 nitrogen and oxygen atoms in total. The topological polar surface area (TPSA) is 65.3 Å². The van der Waals surface area contributed by atoms with Crippen molar-refractivity contribution in [3.05, 3.63) is 27.4 Å².